The smallest absolute Gasteiger partial charge is 0.133 e. The summed E-state index contributed by atoms with van der Waals surface area (Å²) in [5.74, 6) is 0. The SMILES string of the molecule is CC(C)(C)c1cc2[nH]ccc2nc1Cl. The van der Waals surface area contributed by atoms with Crippen molar-refractivity contribution in [2.75, 3.05) is 0 Å². The molecule has 0 unspecified atom stereocenters. The van der Waals surface area contributed by atoms with Crippen LogP contribution in [0.15, 0.2) is 18.3 Å². The van der Waals surface area contributed by atoms with Gasteiger partial charge in [0.25, 0.3) is 0 Å². The Morgan fingerprint density at radius 1 is 1.36 bits per heavy atom. The maximum absolute atomic E-state index is 6.12. The van der Waals surface area contributed by atoms with Crippen molar-refractivity contribution in [3.63, 3.8) is 0 Å². The standard InChI is InChI=1S/C11H13ClN2/c1-11(2,3)7-6-9-8(4-5-13-9)14-10(7)12/h4-6,13H,1-3H3. The Morgan fingerprint density at radius 2 is 2.07 bits per heavy atom. The summed E-state index contributed by atoms with van der Waals surface area (Å²) in [6.45, 7) is 6.39. The molecule has 0 bridgehead atoms. The van der Waals surface area contributed by atoms with Crippen LogP contribution in [0.25, 0.3) is 11.0 Å². The maximum atomic E-state index is 6.12. The highest BCUT2D eigenvalue weighted by Gasteiger charge is 2.19. The highest BCUT2D eigenvalue weighted by Crippen LogP contribution is 2.30. The number of hydrogen-bond donors (Lipinski definition) is 1. The molecule has 0 aliphatic carbocycles. The zero-order valence-corrected chi connectivity index (χ0v) is 9.31. The Labute approximate surface area is 88.3 Å². The van der Waals surface area contributed by atoms with E-state index in [1.165, 1.54) is 0 Å². The molecule has 3 heteroatoms. The third-order valence-corrected chi connectivity index (χ3v) is 2.58. The molecular formula is C11H13ClN2. The topological polar surface area (TPSA) is 28.7 Å². The van der Waals surface area contributed by atoms with Crippen LogP contribution < -0.4 is 0 Å². The van der Waals surface area contributed by atoms with Gasteiger partial charge in [0.1, 0.15) is 5.15 Å². The first-order valence-electron chi connectivity index (χ1n) is 4.62. The van der Waals surface area contributed by atoms with E-state index in [1.807, 2.05) is 12.3 Å². The fraction of sp³-hybridized carbons (Fsp3) is 0.364. The van der Waals surface area contributed by atoms with Crippen LogP contribution in [0.4, 0.5) is 0 Å². The normalized spacial score (nSPS) is 12.3. The number of H-pyrrole nitrogens is 1. The lowest BCUT2D eigenvalue weighted by atomic mass is 9.88. The average Bonchev–Trinajstić information content (AvgIpc) is 2.47. The lowest BCUT2D eigenvalue weighted by Crippen LogP contribution is -2.12. The summed E-state index contributed by atoms with van der Waals surface area (Å²) in [6, 6.07) is 4.00. The van der Waals surface area contributed by atoms with Gasteiger partial charge in [0.15, 0.2) is 0 Å². The van der Waals surface area contributed by atoms with Crippen LogP contribution in [0.1, 0.15) is 26.3 Å². The number of nitrogens with zero attached hydrogens (tertiary/aromatic N) is 1. The number of aromatic amines is 1. The monoisotopic (exact) mass is 208 g/mol. The van der Waals surface area contributed by atoms with Crippen LogP contribution in [-0.4, -0.2) is 9.97 Å². The van der Waals surface area contributed by atoms with Crippen LogP contribution in [-0.2, 0) is 5.41 Å². The molecule has 0 fully saturated rings. The molecule has 14 heavy (non-hydrogen) atoms. The highest BCUT2D eigenvalue weighted by atomic mass is 35.5. The second-order valence-corrected chi connectivity index (χ2v) is 4.85. The highest BCUT2D eigenvalue weighted by molar-refractivity contribution is 6.30. The molecular weight excluding hydrogens is 196 g/mol. The number of pyridine rings is 1. The minimum Gasteiger partial charge on any atom is -0.360 e. The summed E-state index contributed by atoms with van der Waals surface area (Å²) in [7, 11) is 0. The molecule has 0 radical (unpaired) electrons. The Balaban J connectivity index is 2.71. The van der Waals surface area contributed by atoms with Crippen molar-refractivity contribution >= 4 is 22.6 Å². The van der Waals surface area contributed by atoms with Gasteiger partial charge >= 0.3 is 0 Å². The molecule has 2 nitrogen and oxygen atoms in total. The second kappa shape index (κ2) is 2.99. The number of halogens is 1. The van der Waals surface area contributed by atoms with E-state index >= 15 is 0 Å². The molecule has 0 saturated carbocycles. The van der Waals surface area contributed by atoms with Gasteiger partial charge < -0.3 is 4.98 Å². The average molecular weight is 209 g/mol. The summed E-state index contributed by atoms with van der Waals surface area (Å²) >= 11 is 6.12. The minimum atomic E-state index is 0.0311. The summed E-state index contributed by atoms with van der Waals surface area (Å²) in [5.41, 5.74) is 3.07. The fourth-order valence-corrected chi connectivity index (χ4v) is 1.91. The van der Waals surface area contributed by atoms with Gasteiger partial charge in [0, 0.05) is 6.20 Å². The minimum absolute atomic E-state index is 0.0311. The van der Waals surface area contributed by atoms with E-state index in [2.05, 4.69) is 36.8 Å². The first-order valence-corrected chi connectivity index (χ1v) is 5.00. The van der Waals surface area contributed by atoms with Crippen LogP contribution >= 0.6 is 11.6 Å². The Kier molecular flexibility index (Phi) is 2.04. The molecule has 2 aromatic heterocycles. The van der Waals surface area contributed by atoms with E-state index in [0.717, 1.165) is 16.6 Å². The first kappa shape index (κ1) is 9.53. The van der Waals surface area contributed by atoms with E-state index in [4.69, 9.17) is 11.6 Å². The van der Waals surface area contributed by atoms with Crippen LogP contribution in [0.3, 0.4) is 0 Å². The van der Waals surface area contributed by atoms with Crippen molar-refractivity contribution in [3.8, 4) is 0 Å². The van der Waals surface area contributed by atoms with Crippen molar-refractivity contribution in [2.45, 2.75) is 26.2 Å². The van der Waals surface area contributed by atoms with Gasteiger partial charge in [-0.05, 0) is 23.1 Å². The molecule has 0 aliphatic rings. The lowest BCUT2D eigenvalue weighted by molar-refractivity contribution is 0.589. The van der Waals surface area contributed by atoms with Crippen molar-refractivity contribution < 1.29 is 0 Å². The molecule has 2 rings (SSSR count). The summed E-state index contributed by atoms with van der Waals surface area (Å²) < 4.78 is 0. The molecule has 0 atom stereocenters. The molecule has 2 heterocycles. The van der Waals surface area contributed by atoms with E-state index in [0.29, 0.717) is 5.15 Å². The Morgan fingerprint density at radius 3 is 2.71 bits per heavy atom. The van der Waals surface area contributed by atoms with Crippen molar-refractivity contribution in [1.29, 1.82) is 0 Å². The molecule has 74 valence electrons. The fourth-order valence-electron chi connectivity index (χ4n) is 1.48. The van der Waals surface area contributed by atoms with Crippen LogP contribution in [0.2, 0.25) is 5.15 Å². The zero-order chi connectivity index (χ0) is 10.3. The summed E-state index contributed by atoms with van der Waals surface area (Å²) in [5, 5.41) is 0.601. The Hall–Kier alpha value is -1.02. The quantitative estimate of drug-likeness (QED) is 0.660. The molecule has 0 amide bonds. The van der Waals surface area contributed by atoms with Crippen molar-refractivity contribution in [3.05, 3.63) is 29.0 Å². The van der Waals surface area contributed by atoms with Gasteiger partial charge in [-0.1, -0.05) is 32.4 Å². The van der Waals surface area contributed by atoms with E-state index in [1.54, 1.807) is 0 Å². The predicted octanol–water partition coefficient (Wildman–Crippen LogP) is 3.51. The van der Waals surface area contributed by atoms with Gasteiger partial charge in [-0.2, -0.15) is 0 Å². The maximum Gasteiger partial charge on any atom is 0.133 e. The molecule has 0 aliphatic heterocycles. The third-order valence-electron chi connectivity index (χ3n) is 2.29. The Bertz CT molecular complexity index is 466. The van der Waals surface area contributed by atoms with Crippen LogP contribution in [0, 0.1) is 0 Å². The third kappa shape index (κ3) is 1.50. The number of aromatic nitrogens is 2. The molecule has 0 aromatic carbocycles. The number of rotatable bonds is 0. The number of fused-ring (bicyclic) bond motifs is 1. The molecule has 0 spiro atoms. The lowest BCUT2D eigenvalue weighted by Gasteiger charge is -2.19. The zero-order valence-electron chi connectivity index (χ0n) is 8.56. The summed E-state index contributed by atoms with van der Waals surface area (Å²) in [6.07, 6.45) is 1.88. The van der Waals surface area contributed by atoms with E-state index in [-0.39, 0.29) is 5.41 Å². The molecule has 0 saturated heterocycles. The number of hydrogen-bond acceptors (Lipinski definition) is 1. The van der Waals surface area contributed by atoms with Gasteiger partial charge in [-0.3, -0.25) is 0 Å². The van der Waals surface area contributed by atoms with Crippen LogP contribution in [0.5, 0.6) is 0 Å². The second-order valence-electron chi connectivity index (χ2n) is 4.49. The first-order chi connectivity index (χ1) is 6.48. The van der Waals surface area contributed by atoms with E-state index in [9.17, 15) is 0 Å². The van der Waals surface area contributed by atoms with Gasteiger partial charge in [-0.15, -0.1) is 0 Å². The molecule has 2 aromatic rings. The van der Waals surface area contributed by atoms with Gasteiger partial charge in [0.2, 0.25) is 0 Å². The van der Waals surface area contributed by atoms with Gasteiger partial charge in [-0.25, -0.2) is 4.98 Å². The largest absolute Gasteiger partial charge is 0.360 e. The number of nitrogens with one attached hydrogen (secondary N) is 1. The predicted molar refractivity (Wildman–Crippen MR) is 59.8 cm³/mol. The van der Waals surface area contributed by atoms with Gasteiger partial charge in [0.05, 0.1) is 11.0 Å². The molecule has 1 N–H and O–H groups in total. The van der Waals surface area contributed by atoms with E-state index < -0.39 is 0 Å². The van der Waals surface area contributed by atoms with Crippen molar-refractivity contribution in [2.24, 2.45) is 0 Å². The summed E-state index contributed by atoms with van der Waals surface area (Å²) in [4.78, 5) is 7.47. The van der Waals surface area contributed by atoms with Crippen molar-refractivity contribution in [1.82, 2.24) is 9.97 Å².